The third-order valence-electron chi connectivity index (χ3n) is 3.17. The van der Waals surface area contributed by atoms with Gasteiger partial charge < -0.3 is 15.0 Å². The average molecular weight is 236 g/mol. The maximum Gasteiger partial charge on any atom is 0.137 e. The molecule has 1 saturated heterocycles. The van der Waals surface area contributed by atoms with Gasteiger partial charge in [0.1, 0.15) is 18.0 Å². The molecule has 0 radical (unpaired) electrons. The van der Waals surface area contributed by atoms with Crippen LogP contribution in [0.5, 0.6) is 0 Å². The molecule has 2 heterocycles. The molecule has 2 unspecified atom stereocenters. The van der Waals surface area contributed by atoms with Crippen molar-refractivity contribution in [3.8, 4) is 0 Å². The van der Waals surface area contributed by atoms with Crippen molar-refractivity contribution < 1.29 is 4.74 Å². The van der Waals surface area contributed by atoms with Crippen LogP contribution in [0.3, 0.4) is 0 Å². The van der Waals surface area contributed by atoms with E-state index in [1.807, 2.05) is 14.0 Å². The Kier molecular flexibility index (Phi) is 3.47. The predicted molar refractivity (Wildman–Crippen MR) is 68.5 cm³/mol. The highest BCUT2D eigenvalue weighted by Crippen LogP contribution is 2.26. The third-order valence-corrected chi connectivity index (χ3v) is 3.17. The number of aromatic nitrogens is 2. The van der Waals surface area contributed by atoms with Gasteiger partial charge in [-0.05, 0) is 20.8 Å². The molecule has 17 heavy (non-hydrogen) atoms. The monoisotopic (exact) mass is 236 g/mol. The zero-order valence-electron chi connectivity index (χ0n) is 10.9. The van der Waals surface area contributed by atoms with Crippen LogP contribution in [0.15, 0.2) is 6.33 Å². The molecule has 5 heteroatoms. The van der Waals surface area contributed by atoms with Crippen LogP contribution in [0.4, 0.5) is 11.6 Å². The molecule has 1 aliphatic heterocycles. The van der Waals surface area contributed by atoms with Crippen molar-refractivity contribution in [3.63, 3.8) is 0 Å². The van der Waals surface area contributed by atoms with Crippen molar-refractivity contribution in [2.75, 3.05) is 30.4 Å². The van der Waals surface area contributed by atoms with Crippen molar-refractivity contribution >= 4 is 11.6 Å². The predicted octanol–water partition coefficient (Wildman–Crippen LogP) is 1.44. The van der Waals surface area contributed by atoms with Gasteiger partial charge in [-0.1, -0.05) is 0 Å². The molecular formula is C12H20N4O. The molecule has 94 valence electrons. The van der Waals surface area contributed by atoms with E-state index in [1.165, 1.54) is 0 Å². The Hall–Kier alpha value is -1.36. The van der Waals surface area contributed by atoms with Gasteiger partial charge >= 0.3 is 0 Å². The number of nitrogens with one attached hydrogen (secondary N) is 1. The van der Waals surface area contributed by atoms with Crippen LogP contribution in [0.1, 0.15) is 19.4 Å². The molecule has 0 bridgehead atoms. The average Bonchev–Trinajstić information content (AvgIpc) is 2.33. The van der Waals surface area contributed by atoms with E-state index in [0.29, 0.717) is 6.04 Å². The summed E-state index contributed by atoms with van der Waals surface area (Å²) < 4.78 is 5.64. The summed E-state index contributed by atoms with van der Waals surface area (Å²) in [5.41, 5.74) is 1.09. The Morgan fingerprint density at radius 2 is 2.18 bits per heavy atom. The highest BCUT2D eigenvalue weighted by molar-refractivity contribution is 5.58. The highest BCUT2D eigenvalue weighted by Gasteiger charge is 2.26. The van der Waals surface area contributed by atoms with Crippen molar-refractivity contribution in [1.82, 2.24) is 9.97 Å². The van der Waals surface area contributed by atoms with E-state index in [9.17, 15) is 0 Å². The molecule has 2 rings (SSSR count). The largest absolute Gasteiger partial charge is 0.375 e. The Labute approximate surface area is 102 Å². The van der Waals surface area contributed by atoms with E-state index in [4.69, 9.17) is 4.74 Å². The minimum absolute atomic E-state index is 0.249. The lowest BCUT2D eigenvalue weighted by molar-refractivity contribution is 0.0340. The maximum atomic E-state index is 5.64. The molecule has 5 nitrogen and oxygen atoms in total. The Bertz CT molecular complexity index is 396. The van der Waals surface area contributed by atoms with Crippen LogP contribution in [0, 0.1) is 6.92 Å². The van der Waals surface area contributed by atoms with Gasteiger partial charge in [-0.3, -0.25) is 0 Å². The van der Waals surface area contributed by atoms with Gasteiger partial charge in [-0.2, -0.15) is 0 Å². The SMILES string of the molecule is CNc1ncnc(N2CC(C)OCC2C)c1C. The lowest BCUT2D eigenvalue weighted by atomic mass is 10.2. The zero-order chi connectivity index (χ0) is 12.4. The van der Waals surface area contributed by atoms with Crippen molar-refractivity contribution in [2.24, 2.45) is 0 Å². The van der Waals surface area contributed by atoms with Crippen LogP contribution in [0.2, 0.25) is 0 Å². The summed E-state index contributed by atoms with van der Waals surface area (Å²) in [7, 11) is 1.88. The summed E-state index contributed by atoms with van der Waals surface area (Å²) in [4.78, 5) is 10.9. The molecule has 1 aliphatic rings. The number of anilines is 2. The van der Waals surface area contributed by atoms with E-state index in [1.54, 1.807) is 6.33 Å². The number of ether oxygens (including phenoxy) is 1. The number of rotatable bonds is 2. The first-order valence-corrected chi connectivity index (χ1v) is 6.01. The Morgan fingerprint density at radius 1 is 1.41 bits per heavy atom. The minimum atomic E-state index is 0.249. The third kappa shape index (κ3) is 2.34. The fourth-order valence-electron chi connectivity index (χ4n) is 2.18. The smallest absolute Gasteiger partial charge is 0.137 e. The zero-order valence-corrected chi connectivity index (χ0v) is 10.9. The van der Waals surface area contributed by atoms with E-state index in [-0.39, 0.29) is 6.10 Å². The van der Waals surface area contributed by atoms with E-state index in [2.05, 4.69) is 34.0 Å². The van der Waals surface area contributed by atoms with Gasteiger partial charge in [0.2, 0.25) is 0 Å². The maximum absolute atomic E-state index is 5.64. The fraction of sp³-hybridized carbons (Fsp3) is 0.667. The fourth-order valence-corrected chi connectivity index (χ4v) is 2.18. The molecule has 1 N–H and O–H groups in total. The summed E-state index contributed by atoms with van der Waals surface area (Å²) in [5.74, 6) is 1.90. The van der Waals surface area contributed by atoms with Gasteiger partial charge in [0.25, 0.3) is 0 Å². The number of hydrogen-bond donors (Lipinski definition) is 1. The molecule has 0 aromatic carbocycles. The molecule has 1 aromatic heterocycles. The number of nitrogens with zero attached hydrogens (tertiary/aromatic N) is 3. The first kappa shape index (κ1) is 12.1. The van der Waals surface area contributed by atoms with Gasteiger partial charge in [0.15, 0.2) is 0 Å². The molecule has 1 fully saturated rings. The summed E-state index contributed by atoms with van der Waals surface area (Å²) in [6, 6.07) is 0.351. The molecule has 1 aromatic rings. The van der Waals surface area contributed by atoms with Gasteiger partial charge in [0.05, 0.1) is 18.8 Å². The van der Waals surface area contributed by atoms with Crippen molar-refractivity contribution in [1.29, 1.82) is 0 Å². The molecule has 0 saturated carbocycles. The second kappa shape index (κ2) is 4.87. The van der Waals surface area contributed by atoms with Gasteiger partial charge in [-0.15, -0.1) is 0 Å². The first-order chi connectivity index (χ1) is 8.13. The molecule has 2 atom stereocenters. The summed E-state index contributed by atoms with van der Waals surface area (Å²) >= 11 is 0. The second-order valence-corrected chi connectivity index (χ2v) is 4.57. The number of morpholine rings is 1. The lowest BCUT2D eigenvalue weighted by Crippen LogP contribution is -2.48. The standard InChI is InChI=1S/C12H20N4O/c1-8-6-17-9(2)5-16(8)12-10(3)11(13-4)14-7-15-12/h7-9H,5-6H2,1-4H3,(H,13,14,15). The normalized spacial score (nSPS) is 24.8. The summed E-state index contributed by atoms with van der Waals surface area (Å²) in [6.07, 6.45) is 1.86. The molecular weight excluding hydrogens is 216 g/mol. The second-order valence-electron chi connectivity index (χ2n) is 4.57. The first-order valence-electron chi connectivity index (χ1n) is 6.01. The minimum Gasteiger partial charge on any atom is -0.375 e. The Balaban J connectivity index is 2.32. The van der Waals surface area contributed by atoms with Crippen LogP contribution in [-0.2, 0) is 4.74 Å². The molecule has 0 amide bonds. The molecule has 0 spiro atoms. The van der Waals surface area contributed by atoms with Crippen LogP contribution in [-0.4, -0.2) is 42.3 Å². The summed E-state index contributed by atoms with van der Waals surface area (Å²) in [6.45, 7) is 7.93. The topological polar surface area (TPSA) is 50.3 Å². The quantitative estimate of drug-likeness (QED) is 0.842. The van der Waals surface area contributed by atoms with E-state index in [0.717, 1.165) is 30.4 Å². The Morgan fingerprint density at radius 3 is 2.88 bits per heavy atom. The van der Waals surface area contributed by atoms with Gasteiger partial charge in [-0.25, -0.2) is 9.97 Å². The van der Waals surface area contributed by atoms with E-state index < -0.39 is 0 Å². The highest BCUT2D eigenvalue weighted by atomic mass is 16.5. The lowest BCUT2D eigenvalue weighted by Gasteiger charge is -2.38. The van der Waals surface area contributed by atoms with Gasteiger partial charge in [0, 0.05) is 19.2 Å². The molecule has 0 aliphatic carbocycles. The van der Waals surface area contributed by atoms with Crippen LogP contribution >= 0.6 is 0 Å². The van der Waals surface area contributed by atoms with Crippen molar-refractivity contribution in [2.45, 2.75) is 32.9 Å². The van der Waals surface area contributed by atoms with E-state index >= 15 is 0 Å². The number of hydrogen-bond acceptors (Lipinski definition) is 5. The van der Waals surface area contributed by atoms with Crippen molar-refractivity contribution in [3.05, 3.63) is 11.9 Å². The van der Waals surface area contributed by atoms with Crippen LogP contribution < -0.4 is 10.2 Å². The van der Waals surface area contributed by atoms with Crippen LogP contribution in [0.25, 0.3) is 0 Å². The summed E-state index contributed by atoms with van der Waals surface area (Å²) in [5, 5.41) is 3.09.